The second-order valence-electron chi connectivity index (χ2n) is 6.04. The lowest BCUT2D eigenvalue weighted by Gasteiger charge is -2.25. The zero-order valence-corrected chi connectivity index (χ0v) is 13.3. The first-order chi connectivity index (χ1) is 9.73. The summed E-state index contributed by atoms with van der Waals surface area (Å²) in [6.07, 6.45) is 1.30. The molecular formula is C17H25NO3. The van der Waals surface area contributed by atoms with Crippen molar-refractivity contribution in [2.75, 3.05) is 13.6 Å². The average Bonchev–Trinajstić information content (AvgIpc) is 2.42. The molecule has 0 radical (unpaired) electrons. The van der Waals surface area contributed by atoms with Crippen molar-refractivity contribution in [3.05, 3.63) is 35.4 Å². The van der Waals surface area contributed by atoms with Gasteiger partial charge in [-0.2, -0.15) is 0 Å². The Morgan fingerprint density at radius 1 is 1.14 bits per heavy atom. The Hall–Kier alpha value is -1.68. The van der Waals surface area contributed by atoms with Crippen molar-refractivity contribution in [3.63, 3.8) is 0 Å². The summed E-state index contributed by atoms with van der Waals surface area (Å²) in [4.78, 5) is 25.4. The van der Waals surface area contributed by atoms with Gasteiger partial charge in [0.15, 0.2) is 5.78 Å². The van der Waals surface area contributed by atoms with Crippen LogP contribution in [-0.2, 0) is 11.2 Å². The molecule has 1 amide bonds. The van der Waals surface area contributed by atoms with Gasteiger partial charge < -0.3 is 10.0 Å². The second-order valence-corrected chi connectivity index (χ2v) is 6.04. The minimum Gasteiger partial charge on any atom is -0.389 e. The molecule has 0 unspecified atom stereocenters. The maximum atomic E-state index is 12.0. The fourth-order valence-electron chi connectivity index (χ4n) is 2.15. The summed E-state index contributed by atoms with van der Waals surface area (Å²) in [5.74, 6) is -0.154. The molecule has 0 aliphatic carbocycles. The summed E-state index contributed by atoms with van der Waals surface area (Å²) in [6, 6.07) is 7.50. The van der Waals surface area contributed by atoms with Crippen molar-refractivity contribution in [1.29, 1.82) is 0 Å². The van der Waals surface area contributed by atoms with Crippen LogP contribution in [0.25, 0.3) is 0 Å². The van der Waals surface area contributed by atoms with Gasteiger partial charge in [-0.05, 0) is 25.8 Å². The molecule has 0 saturated carbocycles. The topological polar surface area (TPSA) is 57.6 Å². The van der Waals surface area contributed by atoms with Gasteiger partial charge in [-0.25, -0.2) is 0 Å². The molecule has 0 fully saturated rings. The van der Waals surface area contributed by atoms with Gasteiger partial charge in [-0.3, -0.25) is 9.59 Å². The lowest BCUT2D eigenvalue weighted by atomic mass is 10.0. The number of nitrogens with zero attached hydrogens (tertiary/aromatic N) is 1. The zero-order valence-electron chi connectivity index (χ0n) is 13.3. The molecule has 21 heavy (non-hydrogen) atoms. The van der Waals surface area contributed by atoms with Crippen molar-refractivity contribution in [1.82, 2.24) is 4.90 Å². The maximum Gasteiger partial charge on any atom is 0.222 e. The van der Waals surface area contributed by atoms with Gasteiger partial charge in [0.1, 0.15) is 0 Å². The van der Waals surface area contributed by atoms with Crippen molar-refractivity contribution in [2.45, 2.75) is 45.6 Å². The molecule has 1 N–H and O–H groups in total. The molecule has 0 spiro atoms. The van der Waals surface area contributed by atoms with Crippen LogP contribution in [0.2, 0.25) is 0 Å². The minimum atomic E-state index is -0.926. The number of likely N-dealkylation sites (N-methyl/N-ethyl adjacent to an activating group) is 1. The number of rotatable bonds is 7. The van der Waals surface area contributed by atoms with E-state index in [2.05, 4.69) is 6.92 Å². The molecule has 116 valence electrons. The highest BCUT2D eigenvalue weighted by molar-refractivity contribution is 5.97. The van der Waals surface area contributed by atoms with Gasteiger partial charge in [0.05, 0.1) is 5.60 Å². The van der Waals surface area contributed by atoms with Gasteiger partial charge in [-0.15, -0.1) is 0 Å². The van der Waals surface area contributed by atoms with Crippen LogP contribution >= 0.6 is 0 Å². The number of benzene rings is 1. The Balaban J connectivity index is 2.50. The number of carbonyl (C=O) groups is 2. The molecule has 4 heteroatoms. The molecule has 0 saturated heterocycles. The van der Waals surface area contributed by atoms with E-state index in [4.69, 9.17) is 0 Å². The van der Waals surface area contributed by atoms with Gasteiger partial charge in [0.2, 0.25) is 5.91 Å². The van der Waals surface area contributed by atoms with E-state index in [1.807, 2.05) is 24.3 Å². The number of hydrogen-bond acceptors (Lipinski definition) is 3. The van der Waals surface area contributed by atoms with Crippen LogP contribution < -0.4 is 0 Å². The van der Waals surface area contributed by atoms with Crippen molar-refractivity contribution in [2.24, 2.45) is 0 Å². The molecule has 0 aliphatic heterocycles. The standard InChI is InChI=1S/C17H25NO3/c1-5-13-6-8-14(9-7-13)15(19)10-11-16(20)18(4)12-17(2,3)21/h6-9,21H,5,10-12H2,1-4H3. The number of carbonyl (C=O) groups excluding carboxylic acids is 2. The quantitative estimate of drug-likeness (QED) is 0.785. The smallest absolute Gasteiger partial charge is 0.222 e. The Morgan fingerprint density at radius 3 is 2.19 bits per heavy atom. The van der Waals surface area contributed by atoms with Crippen LogP contribution in [0.1, 0.15) is 49.5 Å². The van der Waals surface area contributed by atoms with E-state index in [-0.39, 0.29) is 31.1 Å². The van der Waals surface area contributed by atoms with E-state index in [0.29, 0.717) is 5.56 Å². The SMILES string of the molecule is CCc1ccc(C(=O)CCC(=O)N(C)CC(C)(C)O)cc1. The van der Waals surface area contributed by atoms with Crippen LogP contribution in [0, 0.1) is 0 Å². The second kappa shape index (κ2) is 7.36. The summed E-state index contributed by atoms with van der Waals surface area (Å²) >= 11 is 0. The predicted octanol–water partition coefficient (Wildman–Crippen LogP) is 2.44. The normalized spacial score (nSPS) is 11.3. The largest absolute Gasteiger partial charge is 0.389 e. The number of ketones is 1. The third kappa shape index (κ3) is 6.08. The first kappa shape index (κ1) is 17.4. The van der Waals surface area contributed by atoms with Gasteiger partial charge in [0, 0.05) is 32.0 Å². The first-order valence-electron chi connectivity index (χ1n) is 7.31. The lowest BCUT2D eigenvalue weighted by molar-refractivity contribution is -0.132. The zero-order chi connectivity index (χ0) is 16.0. The maximum absolute atomic E-state index is 12.0. The first-order valence-corrected chi connectivity index (χ1v) is 7.31. The number of aryl methyl sites for hydroxylation is 1. The Labute approximate surface area is 126 Å². The van der Waals surface area contributed by atoms with Crippen LogP contribution in [0.3, 0.4) is 0 Å². The Morgan fingerprint density at radius 2 is 1.71 bits per heavy atom. The van der Waals surface area contributed by atoms with Gasteiger partial charge in [0.25, 0.3) is 0 Å². The highest BCUT2D eigenvalue weighted by Crippen LogP contribution is 2.10. The molecule has 1 rings (SSSR count). The predicted molar refractivity (Wildman–Crippen MR) is 83.3 cm³/mol. The van der Waals surface area contributed by atoms with Crippen molar-refractivity contribution >= 4 is 11.7 Å². The third-order valence-electron chi connectivity index (χ3n) is 3.30. The van der Waals surface area contributed by atoms with Crippen molar-refractivity contribution in [3.8, 4) is 0 Å². The molecule has 0 atom stereocenters. The fourth-order valence-corrected chi connectivity index (χ4v) is 2.15. The summed E-state index contributed by atoms with van der Waals surface area (Å²) in [6.45, 7) is 5.62. The lowest BCUT2D eigenvalue weighted by Crippen LogP contribution is -2.39. The number of aliphatic hydroxyl groups is 1. The van der Waals surface area contributed by atoms with E-state index in [1.54, 1.807) is 20.9 Å². The molecule has 0 bridgehead atoms. The highest BCUT2D eigenvalue weighted by atomic mass is 16.3. The average molecular weight is 291 g/mol. The van der Waals surface area contributed by atoms with E-state index in [9.17, 15) is 14.7 Å². The number of Topliss-reactive ketones (excluding diaryl/α,β-unsaturated/α-hetero) is 1. The summed E-state index contributed by atoms with van der Waals surface area (Å²) in [5.41, 5.74) is 0.905. The Bertz CT molecular complexity index is 486. The summed E-state index contributed by atoms with van der Waals surface area (Å²) in [7, 11) is 1.64. The van der Waals surface area contributed by atoms with Crippen LogP contribution in [-0.4, -0.2) is 40.9 Å². The van der Waals surface area contributed by atoms with E-state index >= 15 is 0 Å². The minimum absolute atomic E-state index is 0.0253. The molecule has 0 heterocycles. The van der Waals surface area contributed by atoms with E-state index in [0.717, 1.165) is 6.42 Å². The van der Waals surface area contributed by atoms with Gasteiger partial charge >= 0.3 is 0 Å². The van der Waals surface area contributed by atoms with E-state index in [1.165, 1.54) is 10.5 Å². The number of amides is 1. The molecule has 0 aliphatic rings. The summed E-state index contributed by atoms with van der Waals surface area (Å²) in [5, 5.41) is 9.68. The molecule has 1 aromatic carbocycles. The monoisotopic (exact) mass is 291 g/mol. The third-order valence-corrected chi connectivity index (χ3v) is 3.30. The molecule has 0 aromatic heterocycles. The van der Waals surface area contributed by atoms with Crippen LogP contribution in [0.4, 0.5) is 0 Å². The highest BCUT2D eigenvalue weighted by Gasteiger charge is 2.19. The van der Waals surface area contributed by atoms with Crippen LogP contribution in [0.15, 0.2) is 24.3 Å². The van der Waals surface area contributed by atoms with Gasteiger partial charge in [-0.1, -0.05) is 31.2 Å². The number of hydrogen-bond donors (Lipinski definition) is 1. The molecule has 4 nitrogen and oxygen atoms in total. The fraction of sp³-hybridized carbons (Fsp3) is 0.529. The van der Waals surface area contributed by atoms with Crippen LogP contribution in [0.5, 0.6) is 0 Å². The van der Waals surface area contributed by atoms with Crippen molar-refractivity contribution < 1.29 is 14.7 Å². The molecule has 1 aromatic rings. The van der Waals surface area contributed by atoms with E-state index < -0.39 is 5.60 Å². The molecular weight excluding hydrogens is 266 g/mol. The Kier molecular flexibility index (Phi) is 6.09. The summed E-state index contributed by atoms with van der Waals surface area (Å²) < 4.78 is 0.